The SMILES string of the molecule is O=C([C@@H]1CN(c2ccc3c(c2)Cn2cc(-c4ccc(F)cc4)cc2-c2nccn2-3)C[C@H]1O)N1CCC1. The van der Waals surface area contributed by atoms with Crippen LogP contribution in [0, 0.1) is 11.7 Å². The zero-order chi connectivity index (χ0) is 24.4. The number of aliphatic hydroxyl groups is 1. The highest BCUT2D eigenvalue weighted by molar-refractivity contribution is 5.82. The summed E-state index contributed by atoms with van der Waals surface area (Å²) in [6.45, 7) is 3.22. The second-order valence-electron chi connectivity index (χ2n) is 9.94. The minimum absolute atomic E-state index is 0.0689. The molecule has 0 unspecified atom stereocenters. The Kier molecular flexibility index (Phi) is 4.79. The van der Waals surface area contributed by atoms with Crippen LogP contribution in [0.3, 0.4) is 0 Å². The summed E-state index contributed by atoms with van der Waals surface area (Å²) >= 11 is 0. The standard InChI is InChI=1S/C28H26FN5O2/c29-21-4-2-18(3-5-21)19-13-25-27-30-8-11-34(27)24-7-6-22(12-20(24)15-33(25)14-19)32-16-23(26(35)17-32)28(36)31-9-1-10-31/h2-8,11-14,23,26,35H,1,9-10,15-17H2/t23-,26-/m1/s1. The van der Waals surface area contributed by atoms with E-state index in [0.29, 0.717) is 19.6 Å². The van der Waals surface area contributed by atoms with Gasteiger partial charge in [0.2, 0.25) is 5.91 Å². The van der Waals surface area contributed by atoms with Crippen LogP contribution >= 0.6 is 0 Å². The van der Waals surface area contributed by atoms with Crippen molar-refractivity contribution in [1.29, 1.82) is 0 Å². The lowest BCUT2D eigenvalue weighted by Gasteiger charge is -2.33. The lowest BCUT2D eigenvalue weighted by Crippen LogP contribution is -2.47. The zero-order valence-corrected chi connectivity index (χ0v) is 19.7. The summed E-state index contributed by atoms with van der Waals surface area (Å²) in [5.74, 6) is 0.294. The second kappa shape index (κ2) is 8.06. The van der Waals surface area contributed by atoms with Gasteiger partial charge in [-0.15, -0.1) is 0 Å². The maximum atomic E-state index is 13.5. The van der Waals surface area contributed by atoms with E-state index in [4.69, 9.17) is 0 Å². The van der Waals surface area contributed by atoms with E-state index < -0.39 is 6.10 Å². The molecular weight excluding hydrogens is 457 g/mol. The molecule has 7 rings (SSSR count). The van der Waals surface area contributed by atoms with Crippen LogP contribution in [0.5, 0.6) is 0 Å². The molecule has 1 N–H and O–H groups in total. The Bertz CT molecular complexity index is 1470. The number of aromatic nitrogens is 3. The molecule has 2 atom stereocenters. The average Bonchev–Trinajstić information content (AvgIpc) is 3.55. The van der Waals surface area contributed by atoms with Gasteiger partial charge in [-0.3, -0.25) is 9.36 Å². The lowest BCUT2D eigenvalue weighted by atomic mass is 10.0. The molecule has 182 valence electrons. The Morgan fingerprint density at radius 1 is 1.03 bits per heavy atom. The molecule has 0 saturated carbocycles. The number of hydrogen-bond acceptors (Lipinski definition) is 4. The smallest absolute Gasteiger partial charge is 0.230 e. The predicted octanol–water partition coefficient (Wildman–Crippen LogP) is 3.54. The molecule has 5 heterocycles. The van der Waals surface area contributed by atoms with Crippen LogP contribution in [-0.4, -0.2) is 62.3 Å². The minimum Gasteiger partial charge on any atom is -0.390 e. The van der Waals surface area contributed by atoms with Gasteiger partial charge in [0.15, 0.2) is 5.82 Å². The summed E-state index contributed by atoms with van der Waals surface area (Å²) in [7, 11) is 0. The van der Waals surface area contributed by atoms with E-state index >= 15 is 0 Å². The fourth-order valence-corrected chi connectivity index (χ4v) is 5.64. The highest BCUT2D eigenvalue weighted by Gasteiger charge is 2.40. The van der Waals surface area contributed by atoms with Gasteiger partial charge in [0.1, 0.15) is 5.82 Å². The molecule has 0 bridgehead atoms. The largest absolute Gasteiger partial charge is 0.390 e. The third-order valence-electron chi connectivity index (χ3n) is 7.75. The van der Waals surface area contributed by atoms with Gasteiger partial charge in [-0.1, -0.05) is 12.1 Å². The molecule has 2 saturated heterocycles. The second-order valence-corrected chi connectivity index (χ2v) is 9.94. The molecular formula is C28H26FN5O2. The summed E-state index contributed by atoms with van der Waals surface area (Å²) in [6, 6.07) is 15.0. The number of carbonyl (C=O) groups excluding carboxylic acids is 1. The Hall–Kier alpha value is -3.91. The Balaban J connectivity index is 1.23. The molecule has 0 radical (unpaired) electrons. The zero-order valence-electron chi connectivity index (χ0n) is 19.7. The number of fused-ring (bicyclic) bond motifs is 5. The van der Waals surface area contributed by atoms with Crippen LogP contribution in [-0.2, 0) is 11.3 Å². The molecule has 2 fully saturated rings. The third-order valence-corrected chi connectivity index (χ3v) is 7.75. The monoisotopic (exact) mass is 483 g/mol. The van der Waals surface area contributed by atoms with E-state index in [1.165, 1.54) is 12.1 Å². The van der Waals surface area contributed by atoms with Crippen LogP contribution in [0.4, 0.5) is 10.1 Å². The van der Waals surface area contributed by atoms with Gasteiger partial charge < -0.3 is 19.5 Å². The van der Waals surface area contributed by atoms with Crippen molar-refractivity contribution in [2.24, 2.45) is 5.92 Å². The molecule has 2 aromatic carbocycles. The molecule has 4 aromatic rings. The molecule has 2 aromatic heterocycles. The lowest BCUT2D eigenvalue weighted by molar-refractivity contribution is -0.141. The van der Waals surface area contributed by atoms with E-state index in [0.717, 1.165) is 59.1 Å². The van der Waals surface area contributed by atoms with Gasteiger partial charge in [-0.2, -0.15) is 0 Å². The van der Waals surface area contributed by atoms with Crippen molar-refractivity contribution in [1.82, 2.24) is 19.0 Å². The molecule has 7 nitrogen and oxygen atoms in total. The number of aliphatic hydroxyl groups excluding tert-OH is 1. The first-order valence-electron chi connectivity index (χ1n) is 12.4. The van der Waals surface area contributed by atoms with Gasteiger partial charge in [0, 0.05) is 62.6 Å². The number of β-amino-alcohol motifs (C(OH)–C–C–N with tert-alkyl or cyclic N) is 1. The molecule has 0 aliphatic carbocycles. The Morgan fingerprint density at radius 3 is 2.64 bits per heavy atom. The van der Waals surface area contributed by atoms with Crippen LogP contribution < -0.4 is 4.90 Å². The number of amides is 1. The summed E-state index contributed by atoms with van der Waals surface area (Å²) in [5.41, 5.74) is 6.14. The first-order chi connectivity index (χ1) is 17.5. The van der Waals surface area contributed by atoms with Crippen LogP contribution in [0.15, 0.2) is 67.1 Å². The maximum Gasteiger partial charge on any atom is 0.230 e. The van der Waals surface area contributed by atoms with Gasteiger partial charge in [-0.05, 0) is 53.9 Å². The van der Waals surface area contributed by atoms with Crippen molar-refractivity contribution in [3.8, 4) is 28.3 Å². The van der Waals surface area contributed by atoms with Crippen LogP contribution in [0.2, 0.25) is 0 Å². The van der Waals surface area contributed by atoms with Gasteiger partial charge in [-0.25, -0.2) is 9.37 Å². The number of likely N-dealkylation sites (tertiary alicyclic amines) is 1. The van der Waals surface area contributed by atoms with Crippen LogP contribution in [0.1, 0.15) is 12.0 Å². The van der Waals surface area contributed by atoms with Gasteiger partial charge >= 0.3 is 0 Å². The van der Waals surface area contributed by atoms with Gasteiger partial charge in [0.05, 0.1) is 23.4 Å². The van der Waals surface area contributed by atoms with Crippen molar-refractivity contribution in [3.05, 3.63) is 78.5 Å². The van der Waals surface area contributed by atoms with Crippen molar-refractivity contribution in [3.63, 3.8) is 0 Å². The fraction of sp³-hybridized carbons (Fsp3) is 0.286. The highest BCUT2D eigenvalue weighted by atomic mass is 19.1. The molecule has 0 spiro atoms. The Labute approximate surface area is 208 Å². The minimum atomic E-state index is -0.661. The first kappa shape index (κ1) is 21.4. The summed E-state index contributed by atoms with van der Waals surface area (Å²) < 4.78 is 17.7. The van der Waals surface area contributed by atoms with E-state index in [9.17, 15) is 14.3 Å². The van der Waals surface area contributed by atoms with Crippen molar-refractivity contribution >= 4 is 11.6 Å². The predicted molar refractivity (Wildman–Crippen MR) is 134 cm³/mol. The molecule has 3 aliphatic heterocycles. The van der Waals surface area contributed by atoms with Crippen molar-refractivity contribution in [2.75, 3.05) is 31.1 Å². The number of hydrogen-bond donors (Lipinski definition) is 1. The number of halogens is 1. The fourth-order valence-electron chi connectivity index (χ4n) is 5.64. The normalized spacial score (nSPS) is 20.4. The molecule has 36 heavy (non-hydrogen) atoms. The Morgan fingerprint density at radius 2 is 1.86 bits per heavy atom. The summed E-state index contributed by atoms with van der Waals surface area (Å²) in [4.78, 5) is 21.4. The topological polar surface area (TPSA) is 66.5 Å². The number of nitrogens with zero attached hydrogens (tertiary/aromatic N) is 5. The van der Waals surface area contributed by atoms with E-state index in [2.05, 4.69) is 49.5 Å². The van der Waals surface area contributed by atoms with Gasteiger partial charge in [0.25, 0.3) is 0 Å². The molecule has 1 amide bonds. The number of anilines is 1. The van der Waals surface area contributed by atoms with Crippen molar-refractivity contribution in [2.45, 2.75) is 19.1 Å². The quantitative estimate of drug-likeness (QED) is 0.426. The van der Waals surface area contributed by atoms with E-state index in [1.807, 2.05) is 11.1 Å². The molecule has 8 heteroatoms. The van der Waals surface area contributed by atoms with Crippen molar-refractivity contribution < 1.29 is 14.3 Å². The summed E-state index contributed by atoms with van der Waals surface area (Å²) in [6.07, 6.45) is 6.24. The number of benzene rings is 2. The number of imidazole rings is 1. The summed E-state index contributed by atoms with van der Waals surface area (Å²) in [5, 5.41) is 10.7. The van der Waals surface area contributed by atoms with E-state index in [1.54, 1.807) is 18.3 Å². The number of rotatable bonds is 3. The third kappa shape index (κ3) is 3.36. The molecule has 3 aliphatic rings. The van der Waals surface area contributed by atoms with E-state index in [-0.39, 0.29) is 17.6 Å². The highest BCUT2D eigenvalue weighted by Crippen LogP contribution is 2.36. The average molecular weight is 484 g/mol. The number of carbonyl (C=O) groups is 1. The van der Waals surface area contributed by atoms with Crippen LogP contribution in [0.25, 0.3) is 28.3 Å². The first-order valence-corrected chi connectivity index (χ1v) is 12.4. The maximum absolute atomic E-state index is 13.5.